The molecule has 1 atom stereocenters. The topological polar surface area (TPSA) is 110 Å². The van der Waals surface area contributed by atoms with Gasteiger partial charge in [-0.15, -0.1) is 0 Å². The molecule has 4 rings (SSSR count). The van der Waals surface area contributed by atoms with Crippen molar-refractivity contribution < 1.29 is 17.9 Å². The second-order valence-electron chi connectivity index (χ2n) is 8.43. The van der Waals surface area contributed by atoms with Gasteiger partial charge in [0.1, 0.15) is 5.82 Å². The summed E-state index contributed by atoms with van der Waals surface area (Å²) in [6.45, 7) is 0.401. The average molecular weight is 457 g/mol. The van der Waals surface area contributed by atoms with Gasteiger partial charge in [0, 0.05) is 41.6 Å². The third kappa shape index (κ3) is 5.85. The summed E-state index contributed by atoms with van der Waals surface area (Å²) in [4.78, 5) is 22.1. The number of methoxy groups -OCH3 is 1. The molecule has 0 bridgehead atoms. The van der Waals surface area contributed by atoms with E-state index in [1.807, 2.05) is 18.2 Å². The highest BCUT2D eigenvalue weighted by atomic mass is 32.2. The van der Waals surface area contributed by atoms with Gasteiger partial charge in [-0.2, -0.15) is 0 Å². The van der Waals surface area contributed by atoms with Crippen LogP contribution in [0.3, 0.4) is 0 Å². The summed E-state index contributed by atoms with van der Waals surface area (Å²) < 4.78 is 28.4. The van der Waals surface area contributed by atoms with Gasteiger partial charge in [0.05, 0.1) is 18.7 Å². The number of aromatic nitrogens is 2. The minimum Gasteiger partial charge on any atom is -0.481 e. The zero-order valence-electron chi connectivity index (χ0n) is 18.2. The minimum absolute atomic E-state index is 0.256. The molecule has 9 heteroatoms. The van der Waals surface area contributed by atoms with Crippen LogP contribution in [-0.2, 0) is 16.4 Å². The van der Waals surface area contributed by atoms with Gasteiger partial charge < -0.3 is 15.4 Å². The van der Waals surface area contributed by atoms with Gasteiger partial charge in [-0.05, 0) is 49.8 Å². The van der Waals surface area contributed by atoms with E-state index in [-0.39, 0.29) is 17.9 Å². The molecule has 8 nitrogen and oxygen atoms in total. The zero-order valence-corrected chi connectivity index (χ0v) is 19.1. The molecule has 2 aliphatic rings. The molecule has 2 saturated carbocycles. The number of hydrogen-bond donors (Lipinski definition) is 2. The summed E-state index contributed by atoms with van der Waals surface area (Å²) in [7, 11) is -1.69. The molecule has 0 aromatic carbocycles. The molecule has 0 unspecified atom stereocenters. The fraction of sp³-hybridized carbons (Fsp3) is 0.435. The average Bonchev–Trinajstić information content (AvgIpc) is 3.67. The molecule has 2 aliphatic carbocycles. The maximum absolute atomic E-state index is 13.2. The summed E-state index contributed by atoms with van der Waals surface area (Å²) in [6.07, 6.45) is 8.51. The first-order chi connectivity index (χ1) is 15.3. The largest absolute Gasteiger partial charge is 0.481 e. The van der Waals surface area contributed by atoms with Crippen LogP contribution in [0.2, 0.25) is 0 Å². The Balaban J connectivity index is 1.55. The molecule has 2 heterocycles. The lowest BCUT2D eigenvalue weighted by atomic mass is 10.1. The highest BCUT2D eigenvalue weighted by Gasteiger charge is 2.32. The number of anilines is 1. The van der Waals surface area contributed by atoms with Crippen molar-refractivity contribution in [1.29, 1.82) is 0 Å². The minimum atomic E-state index is -3.26. The number of carbonyl (C=O) groups excluding carboxylic acids is 1. The quantitative estimate of drug-likeness (QED) is 0.565. The third-order valence-electron chi connectivity index (χ3n) is 5.61. The van der Waals surface area contributed by atoms with Crippen molar-refractivity contribution in [2.24, 2.45) is 5.92 Å². The lowest BCUT2D eigenvalue weighted by molar-refractivity contribution is 0.0941. The summed E-state index contributed by atoms with van der Waals surface area (Å²) >= 11 is 0. The molecule has 0 saturated heterocycles. The summed E-state index contributed by atoms with van der Waals surface area (Å²) in [5.41, 5.74) is 2.25. The van der Waals surface area contributed by atoms with Gasteiger partial charge >= 0.3 is 0 Å². The van der Waals surface area contributed by atoms with Crippen LogP contribution in [-0.4, -0.2) is 43.7 Å². The number of amides is 1. The van der Waals surface area contributed by atoms with Crippen molar-refractivity contribution in [2.45, 2.75) is 44.2 Å². The summed E-state index contributed by atoms with van der Waals surface area (Å²) in [6, 6.07) is 7.11. The van der Waals surface area contributed by atoms with Crippen molar-refractivity contribution in [2.75, 3.05) is 18.7 Å². The first-order valence-corrected chi connectivity index (χ1v) is 12.7. The Morgan fingerprint density at radius 1 is 1.25 bits per heavy atom. The molecular formula is C23H28N4O4S. The Morgan fingerprint density at radius 2 is 2.03 bits per heavy atom. The number of sulfone groups is 1. The van der Waals surface area contributed by atoms with Crippen molar-refractivity contribution >= 4 is 21.6 Å². The molecule has 0 radical (unpaired) electrons. The molecule has 2 aromatic heterocycles. The lowest BCUT2D eigenvalue weighted by Crippen LogP contribution is -2.35. The van der Waals surface area contributed by atoms with Crippen molar-refractivity contribution in [3.05, 3.63) is 58.8 Å². The lowest BCUT2D eigenvalue weighted by Gasteiger charge is -2.17. The smallest absolute Gasteiger partial charge is 0.255 e. The van der Waals surface area contributed by atoms with Gasteiger partial charge in [0.15, 0.2) is 9.84 Å². The fourth-order valence-corrected chi connectivity index (χ4v) is 4.01. The highest BCUT2D eigenvalue weighted by molar-refractivity contribution is 7.93. The molecule has 32 heavy (non-hydrogen) atoms. The monoisotopic (exact) mass is 456 g/mol. The summed E-state index contributed by atoms with van der Waals surface area (Å²) in [5.74, 6) is 1.43. The van der Waals surface area contributed by atoms with Crippen LogP contribution < -0.4 is 15.4 Å². The molecule has 0 aliphatic heterocycles. The standard InChI is InChI=1S/C23H28N4O4S/c1-31-23-17(4-3-12-24-23)14-25-21-18(9-10-19(26-21)15-5-6-15)22(28)27-20(16-7-8-16)11-13-32(2,29)30/h3-4,9-13,15-16,20H,5-8,14H2,1-2H3,(H,25,26)(H,27,28)/b13-11+/t20-/m1/s1. The van der Waals surface area contributed by atoms with Gasteiger partial charge in [0.25, 0.3) is 5.91 Å². The zero-order chi connectivity index (χ0) is 22.7. The molecule has 2 N–H and O–H groups in total. The number of nitrogens with zero attached hydrogens (tertiary/aromatic N) is 2. The van der Waals surface area contributed by atoms with Crippen LogP contribution in [0.1, 0.15) is 53.2 Å². The Kier molecular flexibility index (Phi) is 6.45. The van der Waals surface area contributed by atoms with Crippen LogP contribution in [0.4, 0.5) is 5.82 Å². The Labute approximate surface area is 188 Å². The molecule has 1 amide bonds. The predicted molar refractivity (Wildman–Crippen MR) is 122 cm³/mol. The predicted octanol–water partition coefficient (Wildman–Crippen LogP) is 3.04. The first kappa shape index (κ1) is 22.3. The van der Waals surface area contributed by atoms with Crippen LogP contribution >= 0.6 is 0 Å². The Hall–Kier alpha value is -2.94. The van der Waals surface area contributed by atoms with Crippen LogP contribution in [0.5, 0.6) is 5.88 Å². The number of rotatable bonds is 10. The van der Waals surface area contributed by atoms with Gasteiger partial charge in [-0.3, -0.25) is 4.79 Å². The number of hydrogen-bond acceptors (Lipinski definition) is 7. The van der Waals surface area contributed by atoms with Crippen LogP contribution in [0, 0.1) is 5.92 Å². The van der Waals surface area contributed by atoms with E-state index in [1.54, 1.807) is 25.4 Å². The summed E-state index contributed by atoms with van der Waals surface area (Å²) in [5, 5.41) is 7.43. The first-order valence-electron chi connectivity index (χ1n) is 10.8. The van der Waals surface area contributed by atoms with Gasteiger partial charge in [0.2, 0.25) is 5.88 Å². The van der Waals surface area contributed by atoms with Crippen LogP contribution in [0.25, 0.3) is 0 Å². The molecule has 2 fully saturated rings. The fourth-order valence-electron chi connectivity index (χ4n) is 3.56. The Morgan fingerprint density at radius 3 is 2.69 bits per heavy atom. The molecule has 2 aromatic rings. The Bertz CT molecular complexity index is 1120. The van der Waals surface area contributed by atoms with E-state index in [0.717, 1.165) is 43.2 Å². The maximum atomic E-state index is 13.2. The van der Waals surface area contributed by atoms with E-state index in [9.17, 15) is 13.2 Å². The number of carbonyl (C=O) groups is 1. The van der Waals surface area contributed by atoms with Gasteiger partial charge in [-0.1, -0.05) is 12.1 Å². The van der Waals surface area contributed by atoms with Crippen molar-refractivity contribution in [3.63, 3.8) is 0 Å². The molecule has 170 valence electrons. The van der Waals surface area contributed by atoms with E-state index in [2.05, 4.69) is 15.6 Å². The number of nitrogens with one attached hydrogen (secondary N) is 2. The van der Waals surface area contributed by atoms with E-state index in [4.69, 9.17) is 9.72 Å². The number of pyridine rings is 2. The third-order valence-corrected chi connectivity index (χ3v) is 6.26. The van der Waals surface area contributed by atoms with Crippen molar-refractivity contribution in [3.8, 4) is 5.88 Å². The van der Waals surface area contributed by atoms with Crippen molar-refractivity contribution in [1.82, 2.24) is 15.3 Å². The SMILES string of the molecule is COc1ncccc1CNc1nc(C2CC2)ccc1C(=O)N[C@H](/C=C/S(C)(=O)=O)C1CC1. The second-order valence-corrected chi connectivity index (χ2v) is 10.4. The van der Waals surface area contributed by atoms with E-state index in [1.165, 1.54) is 5.41 Å². The van der Waals surface area contributed by atoms with E-state index < -0.39 is 9.84 Å². The van der Waals surface area contributed by atoms with Crippen LogP contribution in [0.15, 0.2) is 41.9 Å². The normalized spacial score (nSPS) is 17.2. The van der Waals surface area contributed by atoms with E-state index >= 15 is 0 Å². The maximum Gasteiger partial charge on any atom is 0.255 e. The van der Waals surface area contributed by atoms with E-state index in [0.29, 0.717) is 29.7 Å². The molecule has 0 spiro atoms. The van der Waals surface area contributed by atoms with Gasteiger partial charge in [-0.25, -0.2) is 18.4 Å². The highest BCUT2D eigenvalue weighted by Crippen LogP contribution is 2.40. The second kappa shape index (κ2) is 9.28. The number of ether oxygens (including phenoxy) is 1. The molecular weight excluding hydrogens is 428 g/mol.